The lowest BCUT2D eigenvalue weighted by Gasteiger charge is -2.04. The van der Waals surface area contributed by atoms with E-state index in [-0.39, 0.29) is 17.3 Å². The third kappa shape index (κ3) is 6.32. The Bertz CT molecular complexity index is 1370. The number of thioether (sulfide) groups is 2. The molecule has 0 atom stereocenters. The molecule has 1 heterocycles. The number of hydrazone groups is 1. The van der Waals surface area contributed by atoms with Crippen molar-refractivity contribution >= 4 is 75.0 Å². The second-order valence-corrected chi connectivity index (χ2v) is 10.6. The number of halogens is 1. The van der Waals surface area contributed by atoms with E-state index in [0.717, 1.165) is 10.1 Å². The Morgan fingerprint density at radius 1 is 1.12 bits per heavy atom. The van der Waals surface area contributed by atoms with Crippen LogP contribution in [0.1, 0.15) is 11.1 Å². The number of hydrogen-bond acceptors (Lipinski definition) is 9. The van der Waals surface area contributed by atoms with Gasteiger partial charge in [0, 0.05) is 28.5 Å². The number of carbonyl (C=O) groups excluding carboxylic acids is 1. The predicted octanol–water partition coefficient (Wildman–Crippen LogP) is 5.79. The summed E-state index contributed by atoms with van der Waals surface area (Å²) in [5, 5.41) is 25.8. The van der Waals surface area contributed by atoms with Crippen LogP contribution in [0.15, 0.2) is 74.4 Å². The smallest absolute Gasteiger partial charge is 0.270 e. The maximum Gasteiger partial charge on any atom is 0.270 e. The van der Waals surface area contributed by atoms with Crippen molar-refractivity contribution in [3.8, 4) is 0 Å². The first-order valence-electron chi connectivity index (χ1n) is 9.81. The zero-order chi connectivity index (χ0) is 23.9. The molecule has 4 aromatic rings. The molecule has 4 rings (SSSR count). The molecule has 0 fully saturated rings. The number of benzene rings is 3. The Morgan fingerprint density at radius 3 is 2.71 bits per heavy atom. The van der Waals surface area contributed by atoms with Crippen LogP contribution in [-0.2, 0) is 10.5 Å². The molecule has 172 valence electrons. The summed E-state index contributed by atoms with van der Waals surface area (Å²) in [6.45, 7) is 0. The number of aromatic nitrogens is 2. The van der Waals surface area contributed by atoms with Gasteiger partial charge in [-0.25, -0.2) is 5.43 Å². The van der Waals surface area contributed by atoms with Gasteiger partial charge in [0.15, 0.2) is 8.68 Å². The van der Waals surface area contributed by atoms with Crippen LogP contribution in [0.4, 0.5) is 5.69 Å². The summed E-state index contributed by atoms with van der Waals surface area (Å²) in [4.78, 5) is 22.4. The Hall–Kier alpha value is -2.99. The highest BCUT2D eigenvalue weighted by atomic mass is 35.5. The number of amides is 1. The topological polar surface area (TPSA) is 110 Å². The molecule has 0 aliphatic heterocycles. The molecule has 0 saturated heterocycles. The first-order valence-corrected chi connectivity index (χ1v) is 13.0. The molecular weight excluding hydrogens is 514 g/mol. The second-order valence-electron chi connectivity index (χ2n) is 6.81. The van der Waals surface area contributed by atoms with E-state index in [1.165, 1.54) is 63.8 Å². The highest BCUT2D eigenvalue weighted by Gasteiger charge is 2.11. The molecule has 0 spiro atoms. The summed E-state index contributed by atoms with van der Waals surface area (Å²) in [6, 6.07) is 18.5. The van der Waals surface area contributed by atoms with Gasteiger partial charge in [-0.1, -0.05) is 88.9 Å². The molecule has 1 N–H and O–H groups in total. The van der Waals surface area contributed by atoms with Gasteiger partial charge in [-0.05, 0) is 22.4 Å². The number of nitrogens with one attached hydrogen (secondary N) is 1. The number of nitro benzene ring substituents is 1. The molecule has 0 aliphatic carbocycles. The number of non-ortho nitro benzene ring substituents is 1. The summed E-state index contributed by atoms with van der Waals surface area (Å²) in [5.41, 5.74) is 3.83. The van der Waals surface area contributed by atoms with E-state index < -0.39 is 4.92 Å². The van der Waals surface area contributed by atoms with E-state index in [4.69, 9.17) is 11.6 Å². The van der Waals surface area contributed by atoms with Crippen LogP contribution >= 0.6 is 46.5 Å². The van der Waals surface area contributed by atoms with Crippen LogP contribution in [0.25, 0.3) is 10.8 Å². The van der Waals surface area contributed by atoms with Crippen molar-refractivity contribution in [2.24, 2.45) is 5.10 Å². The first kappa shape index (κ1) is 24.1. The van der Waals surface area contributed by atoms with Crippen molar-refractivity contribution in [1.82, 2.24) is 15.6 Å². The maximum atomic E-state index is 12.1. The lowest BCUT2D eigenvalue weighted by atomic mass is 10.1. The molecular formula is C22H16ClN5O3S3. The van der Waals surface area contributed by atoms with Crippen LogP contribution in [0.3, 0.4) is 0 Å². The normalized spacial score (nSPS) is 11.2. The molecule has 0 aliphatic rings. The number of nitro groups is 1. The fraction of sp³-hybridized carbons (Fsp3) is 0.0909. The van der Waals surface area contributed by atoms with Crippen LogP contribution in [0.2, 0.25) is 5.02 Å². The van der Waals surface area contributed by atoms with Crippen LogP contribution in [0, 0.1) is 10.1 Å². The molecule has 1 amide bonds. The van der Waals surface area contributed by atoms with Crippen molar-refractivity contribution < 1.29 is 9.72 Å². The summed E-state index contributed by atoms with van der Waals surface area (Å²) in [5.74, 6) is 0.529. The number of hydrogen-bond donors (Lipinski definition) is 1. The Balaban J connectivity index is 1.27. The number of nitrogens with zero attached hydrogens (tertiary/aromatic N) is 4. The van der Waals surface area contributed by atoms with Crippen molar-refractivity contribution in [1.29, 1.82) is 0 Å². The fourth-order valence-electron chi connectivity index (χ4n) is 2.95. The number of rotatable bonds is 9. The largest absolute Gasteiger partial charge is 0.272 e. The lowest BCUT2D eigenvalue weighted by Crippen LogP contribution is -2.19. The summed E-state index contributed by atoms with van der Waals surface area (Å²) in [6.07, 6.45) is 1.27. The quantitative estimate of drug-likeness (QED) is 0.126. The Labute approximate surface area is 212 Å². The molecule has 3 aromatic carbocycles. The van der Waals surface area contributed by atoms with E-state index >= 15 is 0 Å². The molecule has 8 nitrogen and oxygen atoms in total. The van der Waals surface area contributed by atoms with Crippen molar-refractivity contribution in [2.45, 2.75) is 14.4 Å². The first-order chi connectivity index (χ1) is 16.5. The van der Waals surface area contributed by atoms with Crippen molar-refractivity contribution in [3.05, 3.63) is 86.9 Å². The number of fused-ring (bicyclic) bond motifs is 1. The molecule has 0 saturated carbocycles. The van der Waals surface area contributed by atoms with E-state index in [0.29, 0.717) is 14.9 Å². The second kappa shape index (κ2) is 11.4. The zero-order valence-electron chi connectivity index (χ0n) is 17.4. The summed E-state index contributed by atoms with van der Waals surface area (Å²) >= 11 is 10.3. The van der Waals surface area contributed by atoms with Crippen LogP contribution in [-0.4, -0.2) is 33.0 Å². The fourth-order valence-corrected chi connectivity index (χ4v) is 5.93. The predicted molar refractivity (Wildman–Crippen MR) is 138 cm³/mol. The van der Waals surface area contributed by atoms with Gasteiger partial charge in [-0.3, -0.25) is 14.9 Å². The Morgan fingerprint density at radius 2 is 1.88 bits per heavy atom. The van der Waals surface area contributed by atoms with E-state index in [9.17, 15) is 14.9 Å². The SMILES string of the molecule is O=C(CSc1nnc(SCc2cccc3ccccc23)s1)N/N=C/c1cc([N+](=O)[O-])ccc1Cl. The Kier molecular flexibility index (Phi) is 8.12. The zero-order valence-corrected chi connectivity index (χ0v) is 20.6. The minimum atomic E-state index is -0.528. The monoisotopic (exact) mass is 529 g/mol. The number of carbonyl (C=O) groups is 1. The minimum Gasteiger partial charge on any atom is -0.272 e. The standard InChI is InChI=1S/C22H16ClN5O3S3/c23-19-9-8-17(28(30)31)10-16(19)11-24-25-20(29)13-33-22-27-26-21(34-22)32-12-15-6-3-5-14-4-1-2-7-18(14)15/h1-11H,12-13H2,(H,25,29)/b24-11+. The highest BCUT2D eigenvalue weighted by molar-refractivity contribution is 8.03. The van der Waals surface area contributed by atoms with Gasteiger partial charge in [0.25, 0.3) is 11.6 Å². The van der Waals surface area contributed by atoms with E-state index in [2.05, 4.69) is 45.0 Å². The average Bonchev–Trinajstić information content (AvgIpc) is 3.30. The lowest BCUT2D eigenvalue weighted by molar-refractivity contribution is -0.384. The van der Waals surface area contributed by atoms with E-state index in [1.807, 2.05) is 18.2 Å². The summed E-state index contributed by atoms with van der Waals surface area (Å²) < 4.78 is 1.51. The van der Waals surface area contributed by atoms with Gasteiger partial charge >= 0.3 is 0 Å². The molecule has 1 aromatic heterocycles. The van der Waals surface area contributed by atoms with Crippen LogP contribution in [0.5, 0.6) is 0 Å². The van der Waals surface area contributed by atoms with Crippen LogP contribution < -0.4 is 5.43 Å². The molecule has 0 bridgehead atoms. The molecule has 34 heavy (non-hydrogen) atoms. The third-order valence-electron chi connectivity index (χ3n) is 4.53. The van der Waals surface area contributed by atoms with E-state index in [1.54, 1.807) is 11.8 Å². The van der Waals surface area contributed by atoms with Gasteiger partial charge in [-0.2, -0.15) is 5.10 Å². The average molecular weight is 530 g/mol. The highest BCUT2D eigenvalue weighted by Crippen LogP contribution is 2.32. The van der Waals surface area contributed by atoms with Gasteiger partial charge < -0.3 is 0 Å². The van der Waals surface area contributed by atoms with Crippen molar-refractivity contribution in [3.63, 3.8) is 0 Å². The minimum absolute atomic E-state index is 0.0998. The van der Waals surface area contributed by atoms with Crippen molar-refractivity contribution in [2.75, 3.05) is 5.75 Å². The third-order valence-corrected chi connectivity index (χ3v) is 8.11. The van der Waals surface area contributed by atoms with Gasteiger partial charge in [-0.15, -0.1) is 10.2 Å². The summed E-state index contributed by atoms with van der Waals surface area (Å²) in [7, 11) is 0. The molecule has 12 heteroatoms. The molecule has 0 radical (unpaired) electrons. The van der Waals surface area contributed by atoms with Gasteiger partial charge in [0.1, 0.15) is 0 Å². The van der Waals surface area contributed by atoms with Gasteiger partial charge in [0.05, 0.1) is 16.9 Å². The molecule has 0 unspecified atom stereocenters. The van der Waals surface area contributed by atoms with Gasteiger partial charge in [0.2, 0.25) is 0 Å². The maximum absolute atomic E-state index is 12.1.